The van der Waals surface area contributed by atoms with Crippen molar-refractivity contribution in [3.8, 4) is 0 Å². The Morgan fingerprint density at radius 3 is 1.46 bits per heavy atom. The summed E-state index contributed by atoms with van der Waals surface area (Å²) in [6.07, 6.45) is 2.35. The van der Waals surface area contributed by atoms with Crippen molar-refractivity contribution in [3.63, 3.8) is 0 Å². The molecule has 0 aliphatic carbocycles. The predicted octanol–water partition coefficient (Wildman–Crippen LogP) is 4.20. The van der Waals surface area contributed by atoms with Gasteiger partial charge in [-0.05, 0) is 63.9 Å². The van der Waals surface area contributed by atoms with Gasteiger partial charge in [0.25, 0.3) is 0 Å². The second-order valence-corrected chi connectivity index (χ2v) is 7.71. The number of nitrogens with one attached hydrogen (secondary N) is 2. The molecule has 3 rings (SSSR count). The van der Waals surface area contributed by atoms with E-state index in [0.717, 1.165) is 35.2 Å². The Kier molecular flexibility index (Phi) is 6.31. The lowest BCUT2D eigenvalue weighted by Gasteiger charge is -2.27. The molecule has 0 spiro atoms. The average Bonchev–Trinajstić information content (AvgIpc) is 2.69. The summed E-state index contributed by atoms with van der Waals surface area (Å²) in [7, 11) is 8.30. The number of hydrogen-bond donors (Lipinski definition) is 2. The van der Waals surface area contributed by atoms with Crippen LogP contribution in [0.25, 0.3) is 21.5 Å². The second-order valence-electron chi connectivity index (χ2n) is 7.71. The molecule has 1 heterocycles. The Bertz CT molecular complexity index is 861. The van der Waals surface area contributed by atoms with Gasteiger partial charge in [0.15, 0.2) is 11.6 Å². The molecule has 0 fully saturated rings. The molecular weight excluding hydrogens is 348 g/mol. The van der Waals surface area contributed by atoms with E-state index in [0.29, 0.717) is 0 Å². The monoisotopic (exact) mass is 380 g/mol. The smallest absolute Gasteiger partial charge is 0.157 e. The lowest BCUT2D eigenvalue weighted by atomic mass is 10.0. The summed E-state index contributed by atoms with van der Waals surface area (Å²) in [6.45, 7) is 4.34. The normalized spacial score (nSPS) is 14.0. The molecule has 2 atom stereocenters. The minimum Gasteiger partial charge on any atom is -0.353 e. The van der Waals surface area contributed by atoms with Crippen LogP contribution >= 0.6 is 0 Å². The zero-order valence-corrected chi connectivity index (χ0v) is 17.8. The number of anilines is 2. The van der Waals surface area contributed by atoms with Crippen LogP contribution in [0, 0.1) is 0 Å². The van der Waals surface area contributed by atoms with E-state index in [1.807, 2.05) is 0 Å². The third-order valence-corrected chi connectivity index (χ3v) is 5.27. The first-order chi connectivity index (χ1) is 13.4. The molecule has 150 valence electrons. The Balaban J connectivity index is 2.15. The lowest BCUT2D eigenvalue weighted by molar-refractivity contribution is 0.314. The first-order valence-corrected chi connectivity index (χ1v) is 9.99. The highest BCUT2D eigenvalue weighted by atomic mass is 15.3. The molecule has 0 saturated heterocycles. The molecule has 2 aromatic carbocycles. The van der Waals surface area contributed by atoms with Gasteiger partial charge in [-0.1, -0.05) is 38.1 Å². The van der Waals surface area contributed by atoms with E-state index in [-0.39, 0.29) is 12.3 Å². The number of benzene rings is 2. The predicted molar refractivity (Wildman–Crippen MR) is 120 cm³/mol. The first-order valence-electron chi connectivity index (χ1n) is 9.99. The standard InChI is InChI=1S/C22H32N6/c1-7-19(27(3)4)23-21-17-13-15-11-9-10-12-16(15)14-18(17)22(26-25-21)24-20(8-2)28(5)6/h9-14,19-20H,7-8H2,1-6H3,(H,23,25)(H,24,26). The van der Waals surface area contributed by atoms with Crippen molar-refractivity contribution < 1.29 is 0 Å². The third kappa shape index (κ3) is 4.18. The van der Waals surface area contributed by atoms with E-state index in [9.17, 15) is 0 Å². The van der Waals surface area contributed by atoms with E-state index < -0.39 is 0 Å². The third-order valence-electron chi connectivity index (χ3n) is 5.27. The van der Waals surface area contributed by atoms with E-state index in [1.165, 1.54) is 10.8 Å². The molecule has 0 bridgehead atoms. The van der Waals surface area contributed by atoms with Gasteiger partial charge < -0.3 is 10.6 Å². The Labute approximate surface area is 167 Å². The SMILES string of the molecule is CCC(Nc1nnc(NC(CC)N(C)C)c2cc3ccccc3cc12)N(C)C. The zero-order valence-electron chi connectivity index (χ0n) is 17.8. The largest absolute Gasteiger partial charge is 0.353 e. The van der Waals surface area contributed by atoms with Gasteiger partial charge in [0.1, 0.15) is 0 Å². The van der Waals surface area contributed by atoms with E-state index >= 15 is 0 Å². The summed E-state index contributed by atoms with van der Waals surface area (Å²) in [6, 6.07) is 12.9. The van der Waals surface area contributed by atoms with Crippen LogP contribution in [0.2, 0.25) is 0 Å². The van der Waals surface area contributed by atoms with Gasteiger partial charge in [0.05, 0.1) is 12.3 Å². The van der Waals surface area contributed by atoms with Gasteiger partial charge in [-0.2, -0.15) is 0 Å². The molecule has 2 unspecified atom stereocenters. The molecule has 2 N–H and O–H groups in total. The summed E-state index contributed by atoms with van der Waals surface area (Å²) < 4.78 is 0. The van der Waals surface area contributed by atoms with Crippen molar-refractivity contribution in [1.29, 1.82) is 0 Å². The van der Waals surface area contributed by atoms with E-state index in [4.69, 9.17) is 0 Å². The molecule has 1 aromatic heterocycles. The molecule has 28 heavy (non-hydrogen) atoms. The second kappa shape index (κ2) is 8.71. The maximum atomic E-state index is 4.56. The molecule has 0 aliphatic heterocycles. The highest BCUT2D eigenvalue weighted by Gasteiger charge is 2.17. The van der Waals surface area contributed by atoms with E-state index in [1.54, 1.807) is 0 Å². The molecule has 0 amide bonds. The van der Waals surface area contributed by atoms with Gasteiger partial charge in [-0.3, -0.25) is 9.80 Å². The quantitative estimate of drug-likeness (QED) is 0.451. The van der Waals surface area contributed by atoms with Crippen LogP contribution in [0.5, 0.6) is 0 Å². The molecule has 0 aliphatic rings. The fourth-order valence-corrected chi connectivity index (χ4v) is 3.56. The van der Waals surface area contributed by atoms with Crippen molar-refractivity contribution >= 4 is 33.2 Å². The maximum absolute atomic E-state index is 4.56. The average molecular weight is 381 g/mol. The summed E-state index contributed by atoms with van der Waals surface area (Å²) in [5.74, 6) is 1.65. The molecule has 6 nitrogen and oxygen atoms in total. The van der Waals surface area contributed by atoms with Crippen molar-refractivity contribution in [3.05, 3.63) is 36.4 Å². The highest BCUT2D eigenvalue weighted by molar-refractivity contribution is 6.06. The summed E-state index contributed by atoms with van der Waals surface area (Å²) in [4.78, 5) is 4.33. The Morgan fingerprint density at radius 1 is 0.750 bits per heavy atom. The van der Waals surface area contributed by atoms with Crippen molar-refractivity contribution in [1.82, 2.24) is 20.0 Å². The number of fused-ring (bicyclic) bond motifs is 2. The maximum Gasteiger partial charge on any atom is 0.157 e. The summed E-state index contributed by atoms with van der Waals surface area (Å²) >= 11 is 0. The van der Waals surface area contributed by atoms with Crippen LogP contribution in [0.3, 0.4) is 0 Å². The number of aromatic nitrogens is 2. The van der Waals surface area contributed by atoms with Gasteiger partial charge in [0.2, 0.25) is 0 Å². The Hall–Kier alpha value is -2.44. The lowest BCUT2D eigenvalue weighted by Crippen LogP contribution is -2.36. The van der Waals surface area contributed by atoms with Gasteiger partial charge in [-0.15, -0.1) is 10.2 Å². The first kappa shape index (κ1) is 20.3. The van der Waals surface area contributed by atoms with Crippen LogP contribution in [-0.4, -0.2) is 60.5 Å². The number of nitrogens with zero attached hydrogens (tertiary/aromatic N) is 4. The minimum atomic E-state index is 0.202. The zero-order chi connectivity index (χ0) is 20.3. The molecule has 6 heteroatoms. The summed E-state index contributed by atoms with van der Waals surface area (Å²) in [5, 5.41) is 20.8. The van der Waals surface area contributed by atoms with Crippen molar-refractivity contribution in [2.24, 2.45) is 0 Å². The molecule has 0 radical (unpaired) electrons. The number of hydrogen-bond acceptors (Lipinski definition) is 6. The summed E-state index contributed by atoms with van der Waals surface area (Å²) in [5.41, 5.74) is 0. The van der Waals surface area contributed by atoms with Gasteiger partial charge in [-0.25, -0.2) is 0 Å². The van der Waals surface area contributed by atoms with Crippen LogP contribution in [0.15, 0.2) is 36.4 Å². The molecule has 3 aromatic rings. The van der Waals surface area contributed by atoms with Crippen molar-refractivity contribution in [2.75, 3.05) is 38.8 Å². The number of rotatable bonds is 8. The van der Waals surface area contributed by atoms with Gasteiger partial charge in [0, 0.05) is 10.8 Å². The Morgan fingerprint density at radius 2 is 1.14 bits per heavy atom. The van der Waals surface area contributed by atoms with Crippen LogP contribution in [-0.2, 0) is 0 Å². The fourth-order valence-electron chi connectivity index (χ4n) is 3.56. The van der Waals surface area contributed by atoms with Crippen LogP contribution < -0.4 is 10.6 Å². The van der Waals surface area contributed by atoms with Gasteiger partial charge >= 0.3 is 0 Å². The highest BCUT2D eigenvalue weighted by Crippen LogP contribution is 2.32. The van der Waals surface area contributed by atoms with Crippen LogP contribution in [0.1, 0.15) is 26.7 Å². The van der Waals surface area contributed by atoms with Crippen molar-refractivity contribution in [2.45, 2.75) is 39.0 Å². The topological polar surface area (TPSA) is 56.3 Å². The minimum absolute atomic E-state index is 0.202. The van der Waals surface area contributed by atoms with Crippen LogP contribution in [0.4, 0.5) is 11.6 Å². The molecule has 0 saturated carbocycles. The molecular formula is C22H32N6. The fraction of sp³-hybridized carbons (Fsp3) is 0.455. The van der Waals surface area contributed by atoms with E-state index in [2.05, 4.69) is 109 Å².